The Morgan fingerprint density at radius 1 is 1.19 bits per heavy atom. The number of ether oxygens (including phenoxy) is 1. The SMILES string of the molecule is COc1cc(NC(=O)c2c(F)cccc2F)ccc1C1=NNC(=O)CC1. The molecule has 0 unspecified atom stereocenters. The number of nitrogens with zero attached hydrogens (tertiary/aromatic N) is 1. The van der Waals surface area contributed by atoms with Gasteiger partial charge in [0.1, 0.15) is 22.9 Å². The lowest BCUT2D eigenvalue weighted by Gasteiger charge is -2.16. The number of nitrogens with one attached hydrogen (secondary N) is 2. The first-order valence-corrected chi connectivity index (χ1v) is 7.78. The third-order valence-corrected chi connectivity index (χ3v) is 3.86. The van der Waals surface area contributed by atoms with E-state index in [0.717, 1.165) is 12.1 Å². The van der Waals surface area contributed by atoms with Crippen molar-refractivity contribution in [3.63, 3.8) is 0 Å². The van der Waals surface area contributed by atoms with E-state index in [1.165, 1.54) is 19.2 Å². The number of anilines is 1. The lowest BCUT2D eigenvalue weighted by molar-refractivity contribution is -0.121. The Hall–Kier alpha value is -3.29. The summed E-state index contributed by atoms with van der Waals surface area (Å²) in [5.41, 5.74) is 3.34. The lowest BCUT2D eigenvalue weighted by atomic mass is 10.0. The van der Waals surface area contributed by atoms with Crippen LogP contribution in [0.3, 0.4) is 0 Å². The van der Waals surface area contributed by atoms with Crippen molar-refractivity contribution in [1.82, 2.24) is 5.43 Å². The maximum Gasteiger partial charge on any atom is 0.261 e. The number of benzene rings is 2. The molecule has 0 fully saturated rings. The number of halogens is 2. The van der Waals surface area contributed by atoms with Gasteiger partial charge in [-0.15, -0.1) is 0 Å². The summed E-state index contributed by atoms with van der Waals surface area (Å²) in [4.78, 5) is 23.4. The molecule has 0 spiro atoms. The zero-order valence-corrected chi connectivity index (χ0v) is 13.8. The quantitative estimate of drug-likeness (QED) is 0.881. The molecule has 0 saturated carbocycles. The minimum absolute atomic E-state index is 0.163. The van der Waals surface area contributed by atoms with Gasteiger partial charge in [0.15, 0.2) is 0 Å². The maximum atomic E-state index is 13.7. The number of hydrazone groups is 1. The fraction of sp³-hybridized carbons (Fsp3) is 0.167. The Bertz CT molecular complexity index is 892. The maximum absolute atomic E-state index is 13.7. The smallest absolute Gasteiger partial charge is 0.261 e. The third kappa shape index (κ3) is 3.53. The molecule has 2 N–H and O–H groups in total. The van der Waals surface area contributed by atoms with Gasteiger partial charge in [0.05, 0.1) is 12.8 Å². The molecule has 134 valence electrons. The third-order valence-electron chi connectivity index (χ3n) is 3.86. The van der Waals surface area contributed by atoms with Gasteiger partial charge >= 0.3 is 0 Å². The van der Waals surface area contributed by atoms with Crippen molar-refractivity contribution in [3.05, 3.63) is 59.2 Å². The van der Waals surface area contributed by atoms with Crippen molar-refractivity contribution in [1.29, 1.82) is 0 Å². The molecule has 0 radical (unpaired) electrons. The zero-order chi connectivity index (χ0) is 18.7. The second-order valence-electron chi connectivity index (χ2n) is 5.56. The molecule has 1 aliphatic heterocycles. The van der Waals surface area contributed by atoms with Crippen molar-refractivity contribution >= 4 is 23.2 Å². The minimum Gasteiger partial charge on any atom is -0.496 e. The summed E-state index contributed by atoms with van der Waals surface area (Å²) in [5.74, 6) is -2.55. The van der Waals surface area contributed by atoms with Gasteiger partial charge in [-0.3, -0.25) is 9.59 Å². The van der Waals surface area contributed by atoms with Gasteiger partial charge < -0.3 is 10.1 Å². The number of carbonyl (C=O) groups excluding carboxylic acids is 2. The summed E-state index contributed by atoms with van der Waals surface area (Å²) in [7, 11) is 1.45. The summed E-state index contributed by atoms with van der Waals surface area (Å²) >= 11 is 0. The zero-order valence-electron chi connectivity index (χ0n) is 13.8. The molecule has 26 heavy (non-hydrogen) atoms. The fourth-order valence-corrected chi connectivity index (χ4v) is 2.58. The molecular formula is C18H15F2N3O3. The normalized spacial score (nSPS) is 13.7. The van der Waals surface area contributed by atoms with Crippen LogP contribution in [-0.2, 0) is 4.79 Å². The van der Waals surface area contributed by atoms with Crippen LogP contribution in [-0.4, -0.2) is 24.6 Å². The summed E-state index contributed by atoms with van der Waals surface area (Å²) in [6, 6.07) is 7.94. The molecule has 3 rings (SSSR count). The van der Waals surface area contributed by atoms with Gasteiger partial charge in [-0.25, -0.2) is 14.2 Å². The molecular weight excluding hydrogens is 344 g/mol. The molecule has 0 bridgehead atoms. The summed E-state index contributed by atoms with van der Waals surface area (Å²) < 4.78 is 32.7. The number of hydrogen-bond donors (Lipinski definition) is 2. The lowest BCUT2D eigenvalue weighted by Crippen LogP contribution is -2.26. The van der Waals surface area contributed by atoms with E-state index in [9.17, 15) is 18.4 Å². The van der Waals surface area contributed by atoms with Gasteiger partial charge in [0, 0.05) is 30.2 Å². The highest BCUT2D eigenvalue weighted by molar-refractivity contribution is 6.08. The average Bonchev–Trinajstić information content (AvgIpc) is 2.62. The highest BCUT2D eigenvalue weighted by atomic mass is 19.1. The average molecular weight is 359 g/mol. The molecule has 0 saturated heterocycles. The molecule has 1 aliphatic rings. The van der Waals surface area contributed by atoms with E-state index < -0.39 is 23.1 Å². The van der Waals surface area contributed by atoms with Crippen LogP contribution in [0.25, 0.3) is 0 Å². The molecule has 0 atom stereocenters. The number of hydrogen-bond acceptors (Lipinski definition) is 4. The Morgan fingerprint density at radius 2 is 1.92 bits per heavy atom. The second-order valence-corrected chi connectivity index (χ2v) is 5.56. The van der Waals surface area contributed by atoms with Crippen LogP contribution in [0, 0.1) is 11.6 Å². The van der Waals surface area contributed by atoms with Gasteiger partial charge in [-0.1, -0.05) is 6.07 Å². The first-order chi connectivity index (χ1) is 12.5. The van der Waals surface area contributed by atoms with Crippen LogP contribution in [0.5, 0.6) is 5.75 Å². The Balaban J connectivity index is 1.86. The van der Waals surface area contributed by atoms with E-state index in [2.05, 4.69) is 15.8 Å². The van der Waals surface area contributed by atoms with Crippen molar-refractivity contribution in [3.8, 4) is 5.75 Å². The van der Waals surface area contributed by atoms with Crippen LogP contribution < -0.4 is 15.5 Å². The van der Waals surface area contributed by atoms with Crippen LogP contribution in [0.4, 0.5) is 14.5 Å². The molecule has 8 heteroatoms. The molecule has 6 nitrogen and oxygen atoms in total. The number of rotatable bonds is 4. The molecule has 0 aromatic heterocycles. The summed E-state index contributed by atoms with van der Waals surface area (Å²) in [6.07, 6.45) is 0.765. The Morgan fingerprint density at radius 3 is 2.54 bits per heavy atom. The van der Waals surface area contributed by atoms with E-state index in [-0.39, 0.29) is 5.91 Å². The number of methoxy groups -OCH3 is 1. The van der Waals surface area contributed by atoms with E-state index in [0.29, 0.717) is 35.6 Å². The van der Waals surface area contributed by atoms with E-state index in [4.69, 9.17) is 4.74 Å². The summed E-state index contributed by atoms with van der Waals surface area (Å²) in [6.45, 7) is 0. The Labute approximate surface area is 147 Å². The first-order valence-electron chi connectivity index (χ1n) is 7.78. The molecule has 2 aromatic carbocycles. The van der Waals surface area contributed by atoms with Crippen molar-refractivity contribution < 1.29 is 23.1 Å². The Kier molecular flexibility index (Phi) is 4.92. The monoisotopic (exact) mass is 359 g/mol. The van der Waals surface area contributed by atoms with Crippen molar-refractivity contribution in [2.24, 2.45) is 5.10 Å². The second kappa shape index (κ2) is 7.30. The van der Waals surface area contributed by atoms with Crippen LogP contribution in [0.1, 0.15) is 28.8 Å². The molecule has 1 heterocycles. The molecule has 2 amide bonds. The van der Waals surface area contributed by atoms with E-state index in [1.807, 2.05) is 0 Å². The topological polar surface area (TPSA) is 79.8 Å². The van der Waals surface area contributed by atoms with Gasteiger partial charge in [0.2, 0.25) is 5.91 Å². The van der Waals surface area contributed by atoms with E-state index in [1.54, 1.807) is 12.1 Å². The number of carbonyl (C=O) groups is 2. The van der Waals surface area contributed by atoms with Gasteiger partial charge in [-0.05, 0) is 24.3 Å². The highest BCUT2D eigenvalue weighted by Crippen LogP contribution is 2.26. The van der Waals surface area contributed by atoms with Crippen LogP contribution in [0.15, 0.2) is 41.5 Å². The number of amides is 2. The van der Waals surface area contributed by atoms with E-state index >= 15 is 0 Å². The minimum atomic E-state index is -0.946. The molecule has 0 aliphatic carbocycles. The van der Waals surface area contributed by atoms with Crippen LogP contribution >= 0.6 is 0 Å². The van der Waals surface area contributed by atoms with Gasteiger partial charge in [-0.2, -0.15) is 5.10 Å². The predicted octanol–water partition coefficient (Wildman–Crippen LogP) is 2.84. The van der Waals surface area contributed by atoms with Gasteiger partial charge in [0.25, 0.3) is 5.91 Å². The van der Waals surface area contributed by atoms with Crippen LogP contribution in [0.2, 0.25) is 0 Å². The summed E-state index contributed by atoms with van der Waals surface area (Å²) in [5, 5.41) is 6.44. The highest BCUT2D eigenvalue weighted by Gasteiger charge is 2.20. The van der Waals surface area contributed by atoms with Crippen molar-refractivity contribution in [2.75, 3.05) is 12.4 Å². The van der Waals surface area contributed by atoms with Crippen molar-refractivity contribution in [2.45, 2.75) is 12.8 Å². The predicted molar refractivity (Wildman–Crippen MR) is 91.2 cm³/mol. The first kappa shape index (κ1) is 17.5. The standard InChI is InChI=1S/C18H15F2N3O3/c1-26-15-9-10(5-6-11(15)14-7-8-16(24)23-22-14)21-18(25)17-12(19)3-2-4-13(17)20/h2-6,9H,7-8H2,1H3,(H,21,25)(H,23,24). The molecule has 2 aromatic rings. The fourth-order valence-electron chi connectivity index (χ4n) is 2.58. The largest absolute Gasteiger partial charge is 0.496 e.